The van der Waals surface area contributed by atoms with Crippen LogP contribution in [0.15, 0.2) is 36.4 Å². The molecule has 1 atom stereocenters. The van der Waals surface area contributed by atoms with E-state index in [1.165, 1.54) is 12.1 Å². The van der Waals surface area contributed by atoms with Crippen LogP contribution in [-0.2, 0) is 4.74 Å². The number of anilines is 2. The average molecular weight is 404 g/mol. The first-order valence-electron chi connectivity index (χ1n) is 9.56. The van der Waals surface area contributed by atoms with Crippen molar-refractivity contribution in [2.75, 3.05) is 25.1 Å². The molecule has 0 aromatic heterocycles. The molecule has 1 aliphatic heterocycles. The summed E-state index contributed by atoms with van der Waals surface area (Å²) in [5, 5.41) is 2.81. The van der Waals surface area contributed by atoms with Gasteiger partial charge in [-0.1, -0.05) is 6.07 Å². The van der Waals surface area contributed by atoms with E-state index in [4.69, 9.17) is 9.47 Å². The first-order chi connectivity index (χ1) is 13.6. The third kappa shape index (κ3) is 5.16. The lowest BCUT2D eigenvalue weighted by atomic mass is 9.92. The Labute approximate surface area is 169 Å². The van der Waals surface area contributed by atoms with Crippen LogP contribution in [0, 0.1) is 11.6 Å². The molecule has 3 rings (SSSR count). The molecule has 0 fully saturated rings. The zero-order valence-electron chi connectivity index (χ0n) is 17.1. The van der Waals surface area contributed by atoms with Gasteiger partial charge in [-0.3, -0.25) is 0 Å². The van der Waals surface area contributed by atoms with Crippen LogP contribution in [0.1, 0.15) is 38.7 Å². The summed E-state index contributed by atoms with van der Waals surface area (Å²) in [4.78, 5) is 13.6. The van der Waals surface area contributed by atoms with Crippen LogP contribution < -0.4 is 15.0 Å². The minimum absolute atomic E-state index is 0.0909. The molecule has 1 aliphatic rings. The number of fused-ring (bicyclic) bond motifs is 1. The molecule has 0 spiro atoms. The Kier molecular flexibility index (Phi) is 5.96. The predicted molar refractivity (Wildman–Crippen MR) is 108 cm³/mol. The Balaban J connectivity index is 1.74. The lowest BCUT2D eigenvalue weighted by Gasteiger charge is -2.29. The highest BCUT2D eigenvalue weighted by molar-refractivity contribution is 5.68. The SMILES string of the molecule is CN(c1ccc2c(c1)OCC[C@H]2CNC(=O)OC(C)(C)C)c1ccc(F)cc1F. The maximum absolute atomic E-state index is 14.1. The van der Waals surface area contributed by atoms with E-state index in [1.807, 2.05) is 39.0 Å². The largest absolute Gasteiger partial charge is 0.493 e. The van der Waals surface area contributed by atoms with E-state index in [9.17, 15) is 13.6 Å². The Bertz CT molecular complexity index is 896. The summed E-state index contributed by atoms with van der Waals surface area (Å²) >= 11 is 0. The van der Waals surface area contributed by atoms with Crippen LogP contribution >= 0.6 is 0 Å². The molecule has 29 heavy (non-hydrogen) atoms. The molecule has 0 aliphatic carbocycles. The highest BCUT2D eigenvalue weighted by atomic mass is 19.1. The summed E-state index contributed by atoms with van der Waals surface area (Å²) in [6.07, 6.45) is 0.318. The number of hydrogen-bond acceptors (Lipinski definition) is 4. The van der Waals surface area contributed by atoms with Gasteiger partial charge in [-0.25, -0.2) is 13.6 Å². The monoisotopic (exact) mass is 404 g/mol. The van der Waals surface area contributed by atoms with Gasteiger partial charge in [0.25, 0.3) is 0 Å². The summed E-state index contributed by atoms with van der Waals surface area (Å²) in [6, 6.07) is 9.09. The van der Waals surface area contributed by atoms with E-state index in [0.717, 1.165) is 23.7 Å². The second kappa shape index (κ2) is 8.27. The van der Waals surface area contributed by atoms with Gasteiger partial charge in [0.15, 0.2) is 0 Å². The summed E-state index contributed by atoms with van der Waals surface area (Å²) in [7, 11) is 1.71. The lowest BCUT2D eigenvalue weighted by molar-refractivity contribution is 0.0521. The minimum atomic E-state index is -0.634. The van der Waals surface area contributed by atoms with Crippen molar-refractivity contribution >= 4 is 17.5 Å². The van der Waals surface area contributed by atoms with Crippen LogP contribution in [0.25, 0.3) is 0 Å². The highest BCUT2D eigenvalue weighted by Gasteiger charge is 2.24. The van der Waals surface area contributed by atoms with E-state index in [0.29, 0.717) is 18.9 Å². The second-order valence-corrected chi connectivity index (χ2v) is 8.09. The molecule has 1 heterocycles. The molecular formula is C22H26F2N2O3. The third-order valence-corrected chi connectivity index (χ3v) is 4.71. The number of nitrogens with zero attached hydrogens (tertiary/aromatic N) is 1. The zero-order valence-corrected chi connectivity index (χ0v) is 17.1. The van der Waals surface area contributed by atoms with Gasteiger partial charge in [-0.05, 0) is 51.0 Å². The number of amides is 1. The molecule has 0 bridgehead atoms. The zero-order chi connectivity index (χ0) is 21.2. The van der Waals surface area contributed by atoms with E-state index in [-0.39, 0.29) is 11.6 Å². The van der Waals surface area contributed by atoms with E-state index >= 15 is 0 Å². The van der Waals surface area contributed by atoms with Crippen molar-refractivity contribution in [2.24, 2.45) is 0 Å². The van der Waals surface area contributed by atoms with Gasteiger partial charge in [0, 0.05) is 37.3 Å². The number of hydrogen-bond donors (Lipinski definition) is 1. The number of halogens is 2. The smallest absolute Gasteiger partial charge is 0.407 e. The first-order valence-corrected chi connectivity index (χ1v) is 9.56. The van der Waals surface area contributed by atoms with Crippen molar-refractivity contribution in [1.29, 1.82) is 0 Å². The van der Waals surface area contributed by atoms with Gasteiger partial charge >= 0.3 is 6.09 Å². The van der Waals surface area contributed by atoms with Gasteiger partial charge in [0.1, 0.15) is 23.0 Å². The Morgan fingerprint density at radius 1 is 1.24 bits per heavy atom. The Morgan fingerprint density at radius 2 is 2.00 bits per heavy atom. The van der Waals surface area contributed by atoms with E-state index in [2.05, 4.69) is 5.32 Å². The molecular weight excluding hydrogens is 378 g/mol. The summed E-state index contributed by atoms with van der Waals surface area (Å²) < 4.78 is 38.4. The highest BCUT2D eigenvalue weighted by Crippen LogP contribution is 2.37. The van der Waals surface area contributed by atoms with Crippen molar-refractivity contribution < 1.29 is 23.0 Å². The molecule has 156 valence electrons. The number of carbonyl (C=O) groups is 1. The number of nitrogens with one attached hydrogen (secondary N) is 1. The molecule has 2 aromatic rings. The van der Waals surface area contributed by atoms with Crippen molar-refractivity contribution in [3.8, 4) is 5.75 Å². The van der Waals surface area contributed by atoms with Gasteiger partial charge in [0.05, 0.1) is 12.3 Å². The molecule has 7 heteroatoms. The first kappa shape index (κ1) is 20.9. The van der Waals surface area contributed by atoms with Gasteiger partial charge in [-0.2, -0.15) is 0 Å². The maximum Gasteiger partial charge on any atom is 0.407 e. The Morgan fingerprint density at radius 3 is 2.69 bits per heavy atom. The van der Waals surface area contributed by atoms with E-state index in [1.54, 1.807) is 11.9 Å². The second-order valence-electron chi connectivity index (χ2n) is 8.09. The average Bonchev–Trinajstić information content (AvgIpc) is 2.64. The maximum atomic E-state index is 14.1. The lowest BCUT2D eigenvalue weighted by Crippen LogP contribution is -2.35. The molecule has 0 radical (unpaired) electrons. The van der Waals surface area contributed by atoms with Crippen LogP contribution in [0.2, 0.25) is 0 Å². The number of alkyl carbamates (subject to hydrolysis) is 1. The number of rotatable bonds is 4. The fourth-order valence-corrected chi connectivity index (χ4v) is 3.29. The number of benzene rings is 2. The van der Waals surface area contributed by atoms with Crippen molar-refractivity contribution in [2.45, 2.75) is 38.7 Å². The standard InChI is InChI=1S/C22H26F2N2O3/c1-22(2,3)29-21(27)25-13-14-9-10-28-20-12-16(6-7-17(14)20)26(4)19-8-5-15(23)11-18(19)24/h5-8,11-12,14H,9-10,13H2,1-4H3,(H,25,27)/t14-/m0/s1. The van der Waals surface area contributed by atoms with Crippen molar-refractivity contribution in [1.82, 2.24) is 5.32 Å². The van der Waals surface area contributed by atoms with Gasteiger partial charge < -0.3 is 19.7 Å². The molecule has 0 saturated carbocycles. The third-order valence-electron chi connectivity index (χ3n) is 4.71. The summed E-state index contributed by atoms with van der Waals surface area (Å²) in [6.45, 7) is 6.41. The summed E-state index contributed by atoms with van der Waals surface area (Å²) in [5.74, 6) is -0.466. The Hall–Kier alpha value is -2.83. The van der Waals surface area contributed by atoms with Crippen LogP contribution in [0.3, 0.4) is 0 Å². The summed E-state index contributed by atoms with van der Waals surface area (Å²) in [5.41, 5.74) is 1.41. The number of carbonyl (C=O) groups excluding carboxylic acids is 1. The molecule has 2 aromatic carbocycles. The fourth-order valence-electron chi connectivity index (χ4n) is 3.29. The van der Waals surface area contributed by atoms with Crippen LogP contribution in [0.5, 0.6) is 5.75 Å². The van der Waals surface area contributed by atoms with E-state index < -0.39 is 23.3 Å². The quantitative estimate of drug-likeness (QED) is 0.768. The normalized spacial score (nSPS) is 15.9. The molecule has 5 nitrogen and oxygen atoms in total. The molecule has 1 amide bonds. The van der Waals surface area contributed by atoms with Crippen LogP contribution in [-0.4, -0.2) is 31.9 Å². The van der Waals surface area contributed by atoms with Gasteiger partial charge in [-0.15, -0.1) is 0 Å². The fraction of sp³-hybridized carbons (Fsp3) is 0.409. The topological polar surface area (TPSA) is 50.8 Å². The predicted octanol–water partition coefficient (Wildman–Crippen LogP) is 5.12. The van der Waals surface area contributed by atoms with Crippen molar-refractivity contribution in [3.05, 3.63) is 53.6 Å². The van der Waals surface area contributed by atoms with Gasteiger partial charge in [0.2, 0.25) is 0 Å². The molecule has 0 saturated heterocycles. The minimum Gasteiger partial charge on any atom is -0.493 e. The van der Waals surface area contributed by atoms with Crippen molar-refractivity contribution in [3.63, 3.8) is 0 Å². The molecule has 1 N–H and O–H groups in total. The number of ether oxygens (including phenoxy) is 2. The van der Waals surface area contributed by atoms with Crippen LogP contribution in [0.4, 0.5) is 25.0 Å². The molecule has 0 unspecified atom stereocenters.